The molecule has 0 atom stereocenters. The van der Waals surface area contributed by atoms with Gasteiger partial charge >= 0.3 is 0 Å². The van der Waals surface area contributed by atoms with E-state index in [0.717, 1.165) is 59.4 Å². The molecule has 0 aliphatic rings. The SMILES string of the molecule is [C-]#[N+]c1ccc(C#N)c([Si](c2ccccc2)(c2ccccc2)c2ccccc2)c1-c1ccc(-n2c3ccccc3c3cc(C#N)ccc32)cc1. The Morgan fingerprint density at radius 3 is 1.66 bits per heavy atom. The largest absolute Gasteiger partial charge is 0.309 e. The van der Waals surface area contributed by atoms with E-state index in [1.54, 1.807) is 6.07 Å². The van der Waals surface area contributed by atoms with Crippen molar-refractivity contribution in [2.24, 2.45) is 0 Å². The summed E-state index contributed by atoms with van der Waals surface area (Å²) in [5.41, 5.74) is 6.37. The monoisotopic (exact) mass is 652 g/mol. The summed E-state index contributed by atoms with van der Waals surface area (Å²) in [6.07, 6.45) is 0. The van der Waals surface area contributed by atoms with Gasteiger partial charge in [-0.05, 0) is 68.3 Å². The number of fused-ring (bicyclic) bond motifs is 3. The van der Waals surface area contributed by atoms with Crippen LogP contribution in [0.2, 0.25) is 0 Å². The molecule has 0 fully saturated rings. The molecule has 8 aromatic rings. The van der Waals surface area contributed by atoms with Gasteiger partial charge in [-0.2, -0.15) is 10.5 Å². The first kappa shape index (κ1) is 30.4. The molecule has 4 nitrogen and oxygen atoms in total. The van der Waals surface area contributed by atoms with Gasteiger partial charge in [0.25, 0.3) is 0 Å². The molecule has 0 amide bonds. The third-order valence-electron chi connectivity index (χ3n) is 9.64. The number of hydrogen-bond acceptors (Lipinski definition) is 2. The molecule has 232 valence electrons. The summed E-state index contributed by atoms with van der Waals surface area (Å²) in [6, 6.07) is 62.3. The Morgan fingerprint density at radius 1 is 0.540 bits per heavy atom. The molecule has 50 heavy (non-hydrogen) atoms. The van der Waals surface area contributed by atoms with Crippen molar-refractivity contribution < 1.29 is 0 Å². The molecule has 0 bridgehead atoms. The minimum Gasteiger partial charge on any atom is -0.309 e. The van der Waals surface area contributed by atoms with E-state index in [9.17, 15) is 10.5 Å². The van der Waals surface area contributed by atoms with Crippen LogP contribution in [0.1, 0.15) is 11.1 Å². The van der Waals surface area contributed by atoms with Crippen LogP contribution >= 0.6 is 0 Å². The highest BCUT2D eigenvalue weighted by molar-refractivity contribution is 7.20. The van der Waals surface area contributed by atoms with E-state index in [0.29, 0.717) is 16.8 Å². The highest BCUT2D eigenvalue weighted by Gasteiger charge is 2.45. The van der Waals surface area contributed by atoms with Gasteiger partial charge in [0.1, 0.15) is 0 Å². The van der Waals surface area contributed by atoms with Crippen molar-refractivity contribution in [2.75, 3.05) is 0 Å². The minimum absolute atomic E-state index is 0.507. The topological polar surface area (TPSA) is 56.9 Å². The van der Waals surface area contributed by atoms with Crippen LogP contribution < -0.4 is 20.7 Å². The lowest BCUT2D eigenvalue weighted by Gasteiger charge is -2.37. The van der Waals surface area contributed by atoms with Crippen molar-refractivity contribution in [3.63, 3.8) is 0 Å². The lowest BCUT2D eigenvalue weighted by molar-refractivity contribution is 1.18. The van der Waals surface area contributed by atoms with Crippen LogP contribution in [0, 0.1) is 29.2 Å². The highest BCUT2D eigenvalue weighted by Crippen LogP contribution is 2.36. The molecule has 5 heteroatoms. The molecule has 7 aromatic carbocycles. The lowest BCUT2D eigenvalue weighted by Crippen LogP contribution is -2.75. The van der Waals surface area contributed by atoms with Gasteiger partial charge in [0.05, 0.1) is 40.9 Å². The first-order valence-corrected chi connectivity index (χ1v) is 18.3. The molecule has 1 heterocycles. The Morgan fingerprint density at radius 2 is 1.10 bits per heavy atom. The molecule has 0 N–H and O–H groups in total. The first-order chi connectivity index (χ1) is 24.7. The Labute approximate surface area is 291 Å². The van der Waals surface area contributed by atoms with Gasteiger partial charge in [0.15, 0.2) is 13.8 Å². The number of benzene rings is 7. The maximum atomic E-state index is 10.8. The fraction of sp³-hybridized carbons (Fsp3) is 0. The van der Waals surface area contributed by atoms with Gasteiger partial charge < -0.3 is 4.57 Å². The predicted molar refractivity (Wildman–Crippen MR) is 206 cm³/mol. The fourth-order valence-electron chi connectivity index (χ4n) is 7.56. The molecular formula is C45H28N4Si. The molecule has 0 spiro atoms. The average molecular weight is 653 g/mol. The van der Waals surface area contributed by atoms with Crippen molar-refractivity contribution in [2.45, 2.75) is 0 Å². The summed E-state index contributed by atoms with van der Waals surface area (Å²) in [7, 11) is -3.19. The summed E-state index contributed by atoms with van der Waals surface area (Å²) in [5, 5.41) is 26.9. The molecule has 0 aliphatic heterocycles. The van der Waals surface area contributed by atoms with E-state index in [2.05, 4.69) is 131 Å². The van der Waals surface area contributed by atoms with Gasteiger partial charge in [-0.3, -0.25) is 0 Å². The van der Waals surface area contributed by atoms with E-state index in [-0.39, 0.29) is 0 Å². The van der Waals surface area contributed by atoms with Crippen molar-refractivity contribution in [3.05, 3.63) is 192 Å². The number of nitrogens with zero attached hydrogens (tertiary/aromatic N) is 4. The van der Waals surface area contributed by atoms with Crippen LogP contribution in [0.4, 0.5) is 5.69 Å². The van der Waals surface area contributed by atoms with Crippen LogP contribution in [0.25, 0.3) is 43.5 Å². The quantitative estimate of drug-likeness (QED) is 0.104. The number of hydrogen-bond donors (Lipinski definition) is 0. The van der Waals surface area contributed by atoms with Gasteiger partial charge in [0.2, 0.25) is 0 Å². The summed E-state index contributed by atoms with van der Waals surface area (Å²) in [4.78, 5) is 4.08. The van der Waals surface area contributed by atoms with Gasteiger partial charge in [-0.25, -0.2) is 4.85 Å². The average Bonchev–Trinajstić information content (AvgIpc) is 3.53. The van der Waals surface area contributed by atoms with E-state index in [1.165, 1.54) is 0 Å². The Hall–Kier alpha value is -6.97. The van der Waals surface area contributed by atoms with Crippen molar-refractivity contribution in [3.8, 4) is 29.0 Å². The second-order valence-corrected chi connectivity index (χ2v) is 15.9. The zero-order chi connectivity index (χ0) is 34.1. The summed E-state index contributed by atoms with van der Waals surface area (Å²) in [5.74, 6) is 0. The molecule has 1 aromatic heterocycles. The van der Waals surface area contributed by atoms with Crippen LogP contribution in [-0.4, -0.2) is 12.6 Å². The predicted octanol–water partition coefficient (Wildman–Crippen LogP) is 8.12. The standard InChI is InChI=1S/C45H28N4Si/c1-48-41-27-24-34(31-47)45(50(36-13-5-2-6-14-36,37-15-7-3-8-16-37)38-17-9-4-10-18-38)44(41)33-22-25-35(26-23-33)49-42-20-12-11-19-39(42)40-29-32(30-46)21-28-43(40)49/h2-29H. The lowest BCUT2D eigenvalue weighted by atomic mass is 10.0. The number of rotatable bonds is 6. The molecule has 8 rings (SSSR count). The fourth-order valence-corrected chi connectivity index (χ4v) is 12.7. The highest BCUT2D eigenvalue weighted by atomic mass is 28.3. The summed E-state index contributed by atoms with van der Waals surface area (Å²) in [6.45, 7) is 8.38. The third-order valence-corrected chi connectivity index (χ3v) is 14.5. The molecule has 0 saturated carbocycles. The van der Waals surface area contributed by atoms with Gasteiger partial charge in [0, 0.05) is 16.5 Å². The number of aromatic nitrogens is 1. The van der Waals surface area contributed by atoms with Gasteiger partial charge in [-0.1, -0.05) is 133 Å². The van der Waals surface area contributed by atoms with E-state index >= 15 is 0 Å². The van der Waals surface area contributed by atoms with Crippen LogP contribution in [-0.2, 0) is 0 Å². The normalized spacial score (nSPS) is 11.1. The van der Waals surface area contributed by atoms with Crippen LogP contribution in [0.5, 0.6) is 0 Å². The van der Waals surface area contributed by atoms with Crippen molar-refractivity contribution in [1.29, 1.82) is 10.5 Å². The number of para-hydroxylation sites is 1. The summed E-state index contributed by atoms with van der Waals surface area (Å²) >= 11 is 0. The molecular weight excluding hydrogens is 625 g/mol. The zero-order valence-corrected chi connectivity index (χ0v) is 28.0. The molecule has 0 unspecified atom stereocenters. The van der Waals surface area contributed by atoms with E-state index in [1.807, 2.05) is 54.6 Å². The molecule has 0 radical (unpaired) electrons. The van der Waals surface area contributed by atoms with E-state index < -0.39 is 8.07 Å². The zero-order valence-electron chi connectivity index (χ0n) is 27.0. The smallest absolute Gasteiger partial charge is 0.194 e. The van der Waals surface area contributed by atoms with E-state index in [4.69, 9.17) is 6.57 Å². The minimum atomic E-state index is -3.19. The molecule has 0 saturated heterocycles. The second-order valence-electron chi connectivity index (χ2n) is 12.2. The van der Waals surface area contributed by atoms with Crippen molar-refractivity contribution in [1.82, 2.24) is 4.57 Å². The number of nitriles is 2. The third kappa shape index (κ3) is 4.72. The maximum absolute atomic E-state index is 10.8. The Bertz CT molecular complexity index is 2560. The Kier molecular flexibility index (Phi) is 7.63. The maximum Gasteiger partial charge on any atom is 0.194 e. The second kappa shape index (κ2) is 12.6. The van der Waals surface area contributed by atoms with Crippen LogP contribution in [0.15, 0.2) is 170 Å². The van der Waals surface area contributed by atoms with Crippen molar-refractivity contribution >= 4 is 56.3 Å². The Balaban J connectivity index is 1.44. The van der Waals surface area contributed by atoms with Crippen LogP contribution in [0.3, 0.4) is 0 Å². The first-order valence-electron chi connectivity index (χ1n) is 16.3. The molecule has 0 aliphatic carbocycles. The van der Waals surface area contributed by atoms with Gasteiger partial charge in [-0.15, -0.1) is 0 Å². The summed E-state index contributed by atoms with van der Waals surface area (Å²) < 4.78 is 2.22.